The van der Waals surface area contributed by atoms with Crippen LogP contribution in [0.5, 0.6) is 0 Å². The van der Waals surface area contributed by atoms with Crippen LogP contribution in [0.2, 0.25) is 5.02 Å². The van der Waals surface area contributed by atoms with Crippen LogP contribution in [-0.4, -0.2) is 17.0 Å². The van der Waals surface area contributed by atoms with Crippen molar-refractivity contribution < 1.29 is 14.1 Å². The molecule has 8 heteroatoms. The van der Waals surface area contributed by atoms with Crippen LogP contribution >= 0.6 is 11.6 Å². The van der Waals surface area contributed by atoms with E-state index in [1.807, 2.05) is 37.3 Å². The Morgan fingerprint density at radius 1 is 0.971 bits per heavy atom. The Bertz CT molecular complexity index is 1380. The van der Waals surface area contributed by atoms with Gasteiger partial charge in [-0.3, -0.25) is 9.59 Å². The first kappa shape index (κ1) is 24.2. The van der Waals surface area contributed by atoms with Crippen molar-refractivity contribution in [1.29, 1.82) is 0 Å². The van der Waals surface area contributed by atoms with E-state index in [4.69, 9.17) is 21.9 Å². The Kier molecular flexibility index (Phi) is 7.29. The molecule has 0 bridgehead atoms. The van der Waals surface area contributed by atoms with Gasteiger partial charge in [0.25, 0.3) is 11.8 Å². The zero-order chi connectivity index (χ0) is 24.9. The number of nitrogens with one attached hydrogen (secondary N) is 2. The van der Waals surface area contributed by atoms with Crippen LogP contribution in [0, 0.1) is 13.8 Å². The summed E-state index contributed by atoms with van der Waals surface area (Å²) in [4.78, 5) is 25.8. The predicted octanol–water partition coefficient (Wildman–Crippen LogP) is 5.25. The lowest BCUT2D eigenvalue weighted by molar-refractivity contribution is 0.0950. The summed E-state index contributed by atoms with van der Waals surface area (Å²) in [5.41, 5.74) is 10.7. The van der Waals surface area contributed by atoms with Crippen LogP contribution in [0.15, 0.2) is 71.3 Å². The summed E-state index contributed by atoms with van der Waals surface area (Å²) in [5.74, 6) is -0.199. The zero-order valence-electron chi connectivity index (χ0n) is 19.4. The van der Waals surface area contributed by atoms with Gasteiger partial charge >= 0.3 is 0 Å². The van der Waals surface area contributed by atoms with Gasteiger partial charge in [0.2, 0.25) is 0 Å². The maximum absolute atomic E-state index is 13.1. The minimum Gasteiger partial charge on any atom is -0.360 e. The Morgan fingerprint density at radius 3 is 2.37 bits per heavy atom. The maximum Gasteiger partial charge on any atom is 0.261 e. The molecule has 4 aromatic rings. The van der Waals surface area contributed by atoms with Crippen LogP contribution in [0.1, 0.15) is 43.2 Å². The van der Waals surface area contributed by atoms with Crippen molar-refractivity contribution >= 4 is 29.1 Å². The van der Waals surface area contributed by atoms with Crippen molar-refractivity contribution in [2.24, 2.45) is 5.73 Å². The number of nitrogens with zero attached hydrogens (tertiary/aromatic N) is 1. The first-order valence-corrected chi connectivity index (χ1v) is 11.4. The van der Waals surface area contributed by atoms with E-state index in [2.05, 4.69) is 15.8 Å². The van der Waals surface area contributed by atoms with E-state index >= 15 is 0 Å². The summed E-state index contributed by atoms with van der Waals surface area (Å²) in [6.07, 6.45) is 0. The number of amides is 2. The molecule has 7 nitrogen and oxygen atoms in total. The number of rotatable bonds is 7. The average molecular weight is 489 g/mol. The fourth-order valence-electron chi connectivity index (χ4n) is 3.68. The fraction of sp³-hybridized carbons (Fsp3) is 0.148. The first-order chi connectivity index (χ1) is 16.9. The van der Waals surface area contributed by atoms with E-state index in [0.717, 1.165) is 16.7 Å². The standard InChI is InChI=1S/C27H25ClN4O3/c1-16-13-20(26(33)30-15-19-9-7-18(14-29)8-10-19)11-12-23(16)31-27(34)24-17(2)35-32-25(24)21-5-3-4-6-22(21)28/h3-13H,14-15,29H2,1-2H3,(H,30,33)(H,31,34). The number of aryl methyl sites for hydroxylation is 2. The van der Waals surface area contributed by atoms with Crippen molar-refractivity contribution in [1.82, 2.24) is 10.5 Å². The van der Waals surface area contributed by atoms with Crippen LogP contribution in [-0.2, 0) is 13.1 Å². The molecule has 35 heavy (non-hydrogen) atoms. The molecule has 0 spiro atoms. The Labute approximate surface area is 208 Å². The van der Waals surface area contributed by atoms with Crippen LogP contribution in [0.3, 0.4) is 0 Å². The molecular formula is C27H25ClN4O3. The summed E-state index contributed by atoms with van der Waals surface area (Å²) < 4.78 is 5.29. The van der Waals surface area contributed by atoms with Gasteiger partial charge in [0.1, 0.15) is 17.0 Å². The lowest BCUT2D eigenvalue weighted by Gasteiger charge is -2.11. The molecule has 1 aromatic heterocycles. The summed E-state index contributed by atoms with van der Waals surface area (Å²) in [6.45, 7) is 4.38. The summed E-state index contributed by atoms with van der Waals surface area (Å²) in [7, 11) is 0. The predicted molar refractivity (Wildman–Crippen MR) is 136 cm³/mol. The van der Waals surface area contributed by atoms with Gasteiger partial charge in [-0.25, -0.2) is 0 Å². The average Bonchev–Trinajstić information content (AvgIpc) is 3.25. The molecule has 3 aromatic carbocycles. The zero-order valence-corrected chi connectivity index (χ0v) is 20.1. The van der Waals surface area contributed by atoms with Crippen LogP contribution in [0.4, 0.5) is 5.69 Å². The molecular weight excluding hydrogens is 464 g/mol. The highest BCUT2D eigenvalue weighted by molar-refractivity contribution is 6.33. The lowest BCUT2D eigenvalue weighted by atomic mass is 10.0. The van der Waals surface area contributed by atoms with E-state index in [1.165, 1.54) is 0 Å². The van der Waals surface area contributed by atoms with Crippen molar-refractivity contribution in [2.75, 3.05) is 5.32 Å². The van der Waals surface area contributed by atoms with Gasteiger partial charge in [0.15, 0.2) is 0 Å². The third-order valence-corrected chi connectivity index (χ3v) is 6.00. The topological polar surface area (TPSA) is 110 Å². The molecule has 178 valence electrons. The third kappa shape index (κ3) is 5.42. The highest BCUT2D eigenvalue weighted by atomic mass is 35.5. The molecule has 0 fully saturated rings. The summed E-state index contributed by atoms with van der Waals surface area (Å²) in [5, 5.41) is 10.3. The first-order valence-electron chi connectivity index (χ1n) is 11.1. The second-order valence-electron chi connectivity index (χ2n) is 8.13. The largest absolute Gasteiger partial charge is 0.360 e. The van der Waals surface area contributed by atoms with E-state index < -0.39 is 0 Å². The second-order valence-corrected chi connectivity index (χ2v) is 8.54. The molecule has 0 atom stereocenters. The Balaban J connectivity index is 1.47. The summed E-state index contributed by atoms with van der Waals surface area (Å²) in [6, 6.07) is 20.0. The molecule has 1 heterocycles. The lowest BCUT2D eigenvalue weighted by Crippen LogP contribution is -2.23. The van der Waals surface area contributed by atoms with E-state index in [-0.39, 0.29) is 11.8 Å². The van der Waals surface area contributed by atoms with Gasteiger partial charge in [-0.15, -0.1) is 0 Å². The van der Waals surface area contributed by atoms with Gasteiger partial charge in [0, 0.05) is 29.9 Å². The Morgan fingerprint density at radius 2 is 1.69 bits per heavy atom. The van der Waals surface area contributed by atoms with E-state index in [9.17, 15) is 9.59 Å². The molecule has 0 radical (unpaired) electrons. The van der Waals surface area contributed by atoms with Crippen molar-refractivity contribution in [3.8, 4) is 11.3 Å². The quantitative estimate of drug-likeness (QED) is 0.329. The van der Waals surface area contributed by atoms with Crippen molar-refractivity contribution in [2.45, 2.75) is 26.9 Å². The number of anilines is 1. The smallest absolute Gasteiger partial charge is 0.261 e. The van der Waals surface area contributed by atoms with E-state index in [1.54, 1.807) is 43.3 Å². The van der Waals surface area contributed by atoms with Gasteiger partial charge in [-0.1, -0.05) is 59.2 Å². The monoisotopic (exact) mass is 488 g/mol. The SMILES string of the molecule is Cc1cc(C(=O)NCc2ccc(CN)cc2)ccc1NC(=O)c1c(-c2ccccc2Cl)noc1C. The second kappa shape index (κ2) is 10.5. The normalized spacial score (nSPS) is 10.7. The van der Waals surface area contributed by atoms with Crippen molar-refractivity contribution in [3.63, 3.8) is 0 Å². The van der Waals surface area contributed by atoms with Gasteiger partial charge < -0.3 is 20.9 Å². The highest BCUT2D eigenvalue weighted by Crippen LogP contribution is 2.31. The van der Waals surface area contributed by atoms with Gasteiger partial charge in [0.05, 0.1) is 5.02 Å². The number of nitrogens with two attached hydrogens (primary N) is 1. The Hall–Kier alpha value is -3.94. The molecule has 0 saturated heterocycles. The van der Waals surface area contributed by atoms with Crippen molar-refractivity contribution in [3.05, 3.63) is 105 Å². The molecule has 0 aliphatic rings. The molecule has 0 aliphatic carbocycles. The molecule has 4 N–H and O–H groups in total. The van der Waals surface area contributed by atoms with Gasteiger partial charge in [-0.05, 0) is 54.8 Å². The number of benzene rings is 3. The van der Waals surface area contributed by atoms with Crippen LogP contribution in [0.25, 0.3) is 11.3 Å². The number of halogens is 1. The molecule has 0 aliphatic heterocycles. The third-order valence-electron chi connectivity index (χ3n) is 5.67. The molecule has 0 saturated carbocycles. The molecule has 4 rings (SSSR count). The van der Waals surface area contributed by atoms with Crippen LogP contribution < -0.4 is 16.4 Å². The fourth-order valence-corrected chi connectivity index (χ4v) is 3.91. The minimum atomic E-state index is -0.375. The van der Waals surface area contributed by atoms with Gasteiger partial charge in [-0.2, -0.15) is 0 Å². The number of hydrogen-bond acceptors (Lipinski definition) is 5. The van der Waals surface area contributed by atoms with E-state index in [0.29, 0.717) is 51.9 Å². The highest BCUT2D eigenvalue weighted by Gasteiger charge is 2.23. The number of carbonyl (C=O) groups is 2. The summed E-state index contributed by atoms with van der Waals surface area (Å²) >= 11 is 6.30. The number of carbonyl (C=O) groups excluding carboxylic acids is 2. The number of aromatic nitrogens is 1. The number of hydrogen-bond donors (Lipinski definition) is 3. The minimum absolute atomic E-state index is 0.204. The molecule has 2 amide bonds. The maximum atomic E-state index is 13.1. The molecule has 0 unspecified atom stereocenters.